The van der Waals surface area contributed by atoms with E-state index in [1.165, 1.54) is 10.6 Å². The van der Waals surface area contributed by atoms with Crippen molar-refractivity contribution in [1.82, 2.24) is 9.99 Å². The summed E-state index contributed by atoms with van der Waals surface area (Å²) in [6.07, 6.45) is 3.57. The maximum Gasteiger partial charge on any atom is 0.250 e. The normalized spacial score (nSPS) is 14.2. The van der Waals surface area contributed by atoms with E-state index in [4.69, 9.17) is 5.73 Å². The first-order chi connectivity index (χ1) is 10.1. The molecule has 2 aromatic rings. The van der Waals surface area contributed by atoms with Crippen LogP contribution in [-0.2, 0) is 7.05 Å². The first-order valence-corrected chi connectivity index (χ1v) is 6.47. The molecule has 0 bridgehead atoms. The zero-order chi connectivity index (χ0) is 14.8. The Bertz CT molecular complexity index is 776. The van der Waals surface area contributed by atoms with Gasteiger partial charge >= 0.3 is 0 Å². The number of hydrogen-bond acceptors (Lipinski definition) is 5. The highest BCUT2D eigenvalue weighted by atomic mass is 16.1. The highest BCUT2D eigenvalue weighted by Crippen LogP contribution is 2.21. The van der Waals surface area contributed by atoms with Gasteiger partial charge in [-0.1, -0.05) is 30.3 Å². The third-order valence-corrected chi connectivity index (χ3v) is 3.15. The molecule has 0 amide bonds. The first-order valence-electron chi connectivity index (χ1n) is 6.47. The number of rotatable bonds is 2. The number of anilines is 1. The molecule has 106 valence electrons. The van der Waals surface area contributed by atoms with Crippen molar-refractivity contribution in [3.8, 4) is 0 Å². The van der Waals surface area contributed by atoms with Gasteiger partial charge in [0.1, 0.15) is 0 Å². The molecule has 0 aliphatic carbocycles. The van der Waals surface area contributed by atoms with Crippen molar-refractivity contribution in [2.45, 2.75) is 0 Å². The molecule has 1 aromatic heterocycles. The van der Waals surface area contributed by atoms with Crippen LogP contribution in [0.5, 0.6) is 0 Å². The average molecular weight is 281 g/mol. The molecule has 3 N–H and O–H groups in total. The van der Waals surface area contributed by atoms with Gasteiger partial charge in [-0.15, -0.1) is 0 Å². The quantitative estimate of drug-likeness (QED) is 0.862. The van der Waals surface area contributed by atoms with Crippen LogP contribution in [-0.4, -0.2) is 10.5 Å². The lowest BCUT2D eigenvalue weighted by Crippen LogP contribution is -2.45. The van der Waals surface area contributed by atoms with Crippen molar-refractivity contribution in [2.24, 2.45) is 17.8 Å². The Morgan fingerprint density at radius 3 is 2.62 bits per heavy atom. The Balaban J connectivity index is 2.01. The zero-order valence-electron chi connectivity index (χ0n) is 11.5. The van der Waals surface area contributed by atoms with E-state index < -0.39 is 0 Å². The molecule has 0 saturated carbocycles. The fraction of sp³-hybridized carbons (Fsp3) is 0.0667. The first kappa shape index (κ1) is 13.0. The highest BCUT2D eigenvalue weighted by molar-refractivity contribution is 5.89. The molecule has 2 heterocycles. The molecule has 1 aromatic carbocycles. The molecular weight excluding hydrogens is 266 g/mol. The number of nitrogens with one attached hydrogen (secondary N) is 1. The molecule has 0 radical (unpaired) electrons. The van der Waals surface area contributed by atoms with Crippen LogP contribution in [0.2, 0.25) is 0 Å². The predicted molar refractivity (Wildman–Crippen MR) is 83.3 cm³/mol. The summed E-state index contributed by atoms with van der Waals surface area (Å²) < 4.78 is 1.51. The summed E-state index contributed by atoms with van der Waals surface area (Å²) in [5.41, 5.74) is 11.2. The Hall–Kier alpha value is -3.02. The number of guanidine groups is 1. The summed E-state index contributed by atoms with van der Waals surface area (Å²) in [5.74, 6) is 0.296. The molecule has 3 rings (SSSR count). The van der Waals surface area contributed by atoms with Crippen molar-refractivity contribution < 1.29 is 0 Å². The summed E-state index contributed by atoms with van der Waals surface area (Å²) in [4.78, 5) is 15.8. The van der Waals surface area contributed by atoms with Gasteiger partial charge in [-0.2, -0.15) is 0 Å². The Morgan fingerprint density at radius 2 is 1.90 bits per heavy atom. The largest absolute Gasteiger partial charge is 0.368 e. The number of nitrogens with two attached hydrogens (primary N) is 1. The van der Waals surface area contributed by atoms with Crippen LogP contribution in [0, 0.1) is 0 Å². The molecule has 1 aliphatic heterocycles. The molecule has 0 unspecified atom stereocenters. The number of nitrogens with zero attached hydrogens (tertiary/aromatic N) is 3. The lowest BCUT2D eigenvalue weighted by Gasteiger charge is -2.26. The molecular formula is C15H15N5O. The lowest BCUT2D eigenvalue weighted by atomic mass is 10.1. The molecule has 1 aliphatic rings. The molecule has 0 fully saturated rings. The maximum absolute atomic E-state index is 11.5. The number of aliphatic imine (C=N–C) groups is 1. The van der Waals surface area contributed by atoms with Gasteiger partial charge in [0.05, 0.1) is 17.6 Å². The second-order valence-corrected chi connectivity index (χ2v) is 4.70. The van der Waals surface area contributed by atoms with Gasteiger partial charge in [0.2, 0.25) is 11.5 Å². The van der Waals surface area contributed by atoms with Crippen LogP contribution >= 0.6 is 0 Å². The van der Waals surface area contributed by atoms with Gasteiger partial charge in [0, 0.05) is 24.9 Å². The van der Waals surface area contributed by atoms with Crippen molar-refractivity contribution in [2.75, 3.05) is 5.01 Å². The van der Waals surface area contributed by atoms with Crippen molar-refractivity contribution in [3.63, 3.8) is 0 Å². The SMILES string of the molecule is Cn1cc(N2C=C(c3ccccc3)N=C(N)N2)ccc1=O. The molecule has 0 saturated heterocycles. The molecule has 0 spiro atoms. The van der Waals surface area contributed by atoms with Gasteiger partial charge in [-0.05, 0) is 6.07 Å². The minimum Gasteiger partial charge on any atom is -0.368 e. The highest BCUT2D eigenvalue weighted by Gasteiger charge is 2.14. The van der Waals surface area contributed by atoms with Crippen LogP contribution in [0.3, 0.4) is 0 Å². The summed E-state index contributed by atoms with van der Waals surface area (Å²) in [7, 11) is 1.70. The van der Waals surface area contributed by atoms with E-state index in [9.17, 15) is 4.79 Å². The van der Waals surface area contributed by atoms with Gasteiger partial charge in [-0.25, -0.2) is 4.99 Å². The van der Waals surface area contributed by atoms with Crippen molar-refractivity contribution >= 4 is 17.3 Å². The summed E-state index contributed by atoms with van der Waals surface area (Å²) in [6, 6.07) is 13.0. The summed E-state index contributed by atoms with van der Waals surface area (Å²) >= 11 is 0. The number of aromatic nitrogens is 1. The monoisotopic (exact) mass is 281 g/mol. The zero-order valence-corrected chi connectivity index (χ0v) is 11.5. The minimum absolute atomic E-state index is 0.0651. The second kappa shape index (κ2) is 5.16. The number of aryl methyl sites for hydroxylation is 1. The predicted octanol–water partition coefficient (Wildman–Crippen LogP) is 1.02. The Labute approximate surface area is 121 Å². The van der Waals surface area contributed by atoms with E-state index in [1.54, 1.807) is 24.3 Å². The van der Waals surface area contributed by atoms with E-state index in [-0.39, 0.29) is 5.56 Å². The number of hydrogen-bond donors (Lipinski definition) is 2. The third kappa shape index (κ3) is 2.64. The smallest absolute Gasteiger partial charge is 0.250 e. The lowest BCUT2D eigenvalue weighted by molar-refractivity contribution is 0.831. The fourth-order valence-electron chi connectivity index (χ4n) is 2.07. The molecule has 6 heteroatoms. The van der Waals surface area contributed by atoms with Gasteiger partial charge in [-0.3, -0.25) is 15.2 Å². The van der Waals surface area contributed by atoms with Crippen LogP contribution in [0.15, 0.2) is 64.6 Å². The van der Waals surface area contributed by atoms with E-state index in [0.717, 1.165) is 16.9 Å². The van der Waals surface area contributed by atoms with E-state index >= 15 is 0 Å². The number of benzene rings is 1. The van der Waals surface area contributed by atoms with Crippen molar-refractivity contribution in [1.29, 1.82) is 0 Å². The van der Waals surface area contributed by atoms with Crippen LogP contribution in [0.1, 0.15) is 5.56 Å². The topological polar surface area (TPSA) is 75.7 Å². The third-order valence-electron chi connectivity index (χ3n) is 3.15. The van der Waals surface area contributed by atoms with Crippen LogP contribution in [0.25, 0.3) is 5.70 Å². The Morgan fingerprint density at radius 1 is 1.14 bits per heavy atom. The van der Waals surface area contributed by atoms with Crippen LogP contribution < -0.4 is 21.7 Å². The van der Waals surface area contributed by atoms with Gasteiger partial charge in [0.15, 0.2) is 0 Å². The summed E-state index contributed by atoms with van der Waals surface area (Å²) in [5, 5.41) is 1.74. The van der Waals surface area contributed by atoms with E-state index in [1.807, 2.05) is 36.5 Å². The Kier molecular flexibility index (Phi) is 3.19. The molecule has 6 nitrogen and oxygen atoms in total. The molecule has 21 heavy (non-hydrogen) atoms. The fourth-order valence-corrected chi connectivity index (χ4v) is 2.07. The minimum atomic E-state index is -0.0651. The molecule has 0 atom stereocenters. The number of pyridine rings is 1. The standard InChI is InChI=1S/C15H15N5O/c1-19-9-12(7-8-14(19)21)20-10-13(17-15(16)18-20)11-5-3-2-4-6-11/h2-10H,1H3,(H3,16,17,18). The average Bonchev–Trinajstić information content (AvgIpc) is 2.50. The van der Waals surface area contributed by atoms with Crippen molar-refractivity contribution in [3.05, 3.63) is 70.8 Å². The number of hydrazine groups is 1. The van der Waals surface area contributed by atoms with Crippen LogP contribution in [0.4, 0.5) is 5.69 Å². The second-order valence-electron chi connectivity index (χ2n) is 4.70. The van der Waals surface area contributed by atoms with Gasteiger partial charge < -0.3 is 10.3 Å². The van der Waals surface area contributed by atoms with Gasteiger partial charge in [0.25, 0.3) is 0 Å². The van der Waals surface area contributed by atoms with E-state index in [2.05, 4.69) is 10.4 Å². The van der Waals surface area contributed by atoms with E-state index in [0.29, 0.717) is 5.96 Å². The maximum atomic E-state index is 11.5. The summed E-state index contributed by atoms with van der Waals surface area (Å²) in [6.45, 7) is 0.